The van der Waals surface area contributed by atoms with Gasteiger partial charge in [0, 0.05) is 25.0 Å². The van der Waals surface area contributed by atoms with Gasteiger partial charge in [0.05, 0.1) is 12.8 Å². The van der Waals surface area contributed by atoms with Crippen LogP contribution in [0.15, 0.2) is 12.3 Å². The first-order chi connectivity index (χ1) is 13.5. The molecule has 9 heteroatoms. The number of ether oxygens (including phenoxy) is 2. The Hall–Kier alpha value is -3.07. The molecule has 1 aliphatic heterocycles. The minimum atomic E-state index is -0.547. The number of nitrogens with two attached hydrogens (primary N) is 1. The Kier molecular flexibility index (Phi) is 6.15. The number of carbonyl (C=O) groups is 1. The van der Waals surface area contributed by atoms with Crippen LogP contribution >= 0.6 is 0 Å². The van der Waals surface area contributed by atoms with Crippen LogP contribution in [0.2, 0.25) is 0 Å². The van der Waals surface area contributed by atoms with Crippen LogP contribution in [0.4, 0.5) is 16.2 Å². The molecule has 3 heterocycles. The summed E-state index contributed by atoms with van der Waals surface area (Å²) in [5.74, 6) is -0.125. The van der Waals surface area contributed by atoms with Gasteiger partial charge in [-0.3, -0.25) is 4.79 Å². The third-order valence-corrected chi connectivity index (χ3v) is 4.64. The standard InChI is InChI=1S/C19H22FN5O3/c1-11-14(17(23-10-26)25-19(21)24-11)8-15(12-3-5-28-6-4-12)13-7-16(20)18(27-2)22-9-13/h7-10,12H,3-6H2,1-2H3,(H3,21,23,24,25,26)/b15-8+. The molecular weight excluding hydrogens is 365 g/mol. The van der Waals surface area contributed by atoms with Gasteiger partial charge in [0.2, 0.25) is 18.2 Å². The maximum absolute atomic E-state index is 14.3. The predicted octanol–water partition coefficient (Wildman–Crippen LogP) is 2.45. The van der Waals surface area contributed by atoms with E-state index in [1.54, 1.807) is 13.1 Å². The zero-order valence-electron chi connectivity index (χ0n) is 15.7. The van der Waals surface area contributed by atoms with E-state index in [1.165, 1.54) is 13.2 Å². The summed E-state index contributed by atoms with van der Waals surface area (Å²) < 4.78 is 24.7. The molecule has 0 saturated carbocycles. The van der Waals surface area contributed by atoms with Crippen LogP contribution in [-0.2, 0) is 9.53 Å². The molecule has 1 saturated heterocycles. The second-order valence-electron chi connectivity index (χ2n) is 6.39. The highest BCUT2D eigenvalue weighted by atomic mass is 19.1. The molecule has 1 amide bonds. The van der Waals surface area contributed by atoms with E-state index in [4.69, 9.17) is 15.2 Å². The lowest BCUT2D eigenvalue weighted by Gasteiger charge is -2.25. The highest BCUT2D eigenvalue weighted by molar-refractivity contribution is 5.88. The molecule has 3 rings (SSSR count). The Labute approximate surface area is 162 Å². The fraction of sp³-hybridized carbons (Fsp3) is 0.368. The fourth-order valence-corrected chi connectivity index (χ4v) is 3.28. The number of aromatic nitrogens is 3. The van der Waals surface area contributed by atoms with Gasteiger partial charge in [-0.25, -0.2) is 14.4 Å². The number of nitrogens with one attached hydrogen (secondary N) is 1. The summed E-state index contributed by atoms with van der Waals surface area (Å²) in [7, 11) is 1.37. The average Bonchev–Trinajstić information content (AvgIpc) is 2.68. The number of amides is 1. The molecule has 8 nitrogen and oxygen atoms in total. The number of aryl methyl sites for hydroxylation is 1. The zero-order valence-corrected chi connectivity index (χ0v) is 15.7. The van der Waals surface area contributed by atoms with Crippen molar-refractivity contribution >= 4 is 29.8 Å². The molecule has 0 unspecified atom stereocenters. The van der Waals surface area contributed by atoms with E-state index in [-0.39, 0.29) is 17.7 Å². The van der Waals surface area contributed by atoms with Gasteiger partial charge in [0.15, 0.2) is 5.82 Å². The van der Waals surface area contributed by atoms with Gasteiger partial charge in [-0.2, -0.15) is 4.98 Å². The monoisotopic (exact) mass is 387 g/mol. The Morgan fingerprint density at radius 2 is 2.14 bits per heavy atom. The van der Waals surface area contributed by atoms with Gasteiger partial charge in [0.1, 0.15) is 5.82 Å². The first-order valence-electron chi connectivity index (χ1n) is 8.87. The molecule has 2 aromatic rings. The van der Waals surface area contributed by atoms with Crippen molar-refractivity contribution < 1.29 is 18.7 Å². The highest BCUT2D eigenvalue weighted by Crippen LogP contribution is 2.35. The third-order valence-electron chi connectivity index (χ3n) is 4.64. The number of hydrogen-bond acceptors (Lipinski definition) is 7. The first kappa shape index (κ1) is 19.7. The minimum Gasteiger partial charge on any atom is -0.479 e. The van der Waals surface area contributed by atoms with Crippen LogP contribution in [0.5, 0.6) is 5.88 Å². The van der Waals surface area contributed by atoms with Crippen molar-refractivity contribution in [2.24, 2.45) is 5.92 Å². The van der Waals surface area contributed by atoms with Crippen LogP contribution in [0, 0.1) is 18.7 Å². The predicted molar refractivity (Wildman–Crippen MR) is 103 cm³/mol. The molecule has 0 atom stereocenters. The molecular formula is C19H22FN5O3. The number of allylic oxidation sites excluding steroid dienone is 1. The number of rotatable bonds is 6. The lowest BCUT2D eigenvalue weighted by molar-refractivity contribution is -0.105. The molecule has 1 fully saturated rings. The third kappa shape index (κ3) is 4.25. The number of methoxy groups -OCH3 is 1. The quantitative estimate of drug-likeness (QED) is 0.732. The second kappa shape index (κ2) is 8.75. The molecule has 3 N–H and O–H groups in total. The van der Waals surface area contributed by atoms with Crippen molar-refractivity contribution in [2.45, 2.75) is 19.8 Å². The number of anilines is 2. The van der Waals surface area contributed by atoms with E-state index in [2.05, 4.69) is 20.3 Å². The second-order valence-corrected chi connectivity index (χ2v) is 6.39. The smallest absolute Gasteiger partial charge is 0.250 e. The molecule has 28 heavy (non-hydrogen) atoms. The average molecular weight is 387 g/mol. The van der Waals surface area contributed by atoms with Gasteiger partial charge in [0.25, 0.3) is 0 Å². The Morgan fingerprint density at radius 3 is 2.79 bits per heavy atom. The van der Waals surface area contributed by atoms with Gasteiger partial charge in [-0.05, 0) is 49.0 Å². The molecule has 148 valence electrons. The minimum absolute atomic E-state index is 0.0591. The topological polar surface area (TPSA) is 112 Å². The number of pyridine rings is 1. The maximum atomic E-state index is 14.3. The summed E-state index contributed by atoms with van der Waals surface area (Å²) in [4.78, 5) is 23.3. The van der Waals surface area contributed by atoms with Crippen LogP contribution in [0.25, 0.3) is 11.6 Å². The van der Waals surface area contributed by atoms with E-state index in [9.17, 15) is 9.18 Å². The van der Waals surface area contributed by atoms with Gasteiger partial charge in [-0.1, -0.05) is 0 Å². The van der Waals surface area contributed by atoms with Crippen molar-refractivity contribution in [2.75, 3.05) is 31.4 Å². The van der Waals surface area contributed by atoms with Crippen molar-refractivity contribution in [3.63, 3.8) is 0 Å². The zero-order chi connectivity index (χ0) is 20.1. The highest BCUT2D eigenvalue weighted by Gasteiger charge is 2.22. The number of nitrogens with zero attached hydrogens (tertiary/aromatic N) is 3. The molecule has 0 radical (unpaired) electrons. The van der Waals surface area contributed by atoms with Crippen LogP contribution in [-0.4, -0.2) is 41.7 Å². The van der Waals surface area contributed by atoms with Gasteiger partial charge >= 0.3 is 0 Å². The molecule has 1 aliphatic rings. The Bertz CT molecular complexity index is 897. The van der Waals surface area contributed by atoms with Gasteiger partial charge < -0.3 is 20.5 Å². The first-order valence-corrected chi connectivity index (χ1v) is 8.87. The molecule has 0 spiro atoms. The molecule has 2 aromatic heterocycles. The van der Waals surface area contributed by atoms with Gasteiger partial charge in [-0.15, -0.1) is 0 Å². The van der Waals surface area contributed by atoms with E-state index in [1.807, 2.05) is 6.08 Å². The number of hydrogen-bond donors (Lipinski definition) is 2. The molecule has 0 aliphatic carbocycles. The summed E-state index contributed by atoms with van der Waals surface area (Å²) in [5.41, 5.74) is 8.40. The largest absolute Gasteiger partial charge is 0.479 e. The van der Waals surface area contributed by atoms with Crippen molar-refractivity contribution in [3.8, 4) is 5.88 Å². The Balaban J connectivity index is 2.14. The Morgan fingerprint density at radius 1 is 1.39 bits per heavy atom. The van der Waals surface area contributed by atoms with Crippen molar-refractivity contribution in [1.29, 1.82) is 0 Å². The summed E-state index contributed by atoms with van der Waals surface area (Å²) in [6, 6.07) is 1.40. The summed E-state index contributed by atoms with van der Waals surface area (Å²) in [6.45, 7) is 3.00. The van der Waals surface area contributed by atoms with Crippen LogP contribution in [0.3, 0.4) is 0 Å². The van der Waals surface area contributed by atoms with E-state index in [0.29, 0.717) is 42.3 Å². The van der Waals surface area contributed by atoms with E-state index < -0.39 is 5.82 Å². The summed E-state index contributed by atoms with van der Waals surface area (Å²) in [6.07, 6.45) is 5.53. The van der Waals surface area contributed by atoms with E-state index in [0.717, 1.165) is 18.4 Å². The lowest BCUT2D eigenvalue weighted by atomic mass is 9.86. The van der Waals surface area contributed by atoms with Crippen LogP contribution in [0.1, 0.15) is 29.7 Å². The SMILES string of the molecule is COc1ncc(/C(=C/c2c(C)nc(N)nc2NC=O)C2CCOCC2)cc1F. The normalized spacial score (nSPS) is 15.3. The molecule has 0 bridgehead atoms. The van der Waals surface area contributed by atoms with E-state index >= 15 is 0 Å². The van der Waals surface area contributed by atoms with Crippen LogP contribution < -0.4 is 15.8 Å². The van der Waals surface area contributed by atoms with Crippen molar-refractivity contribution in [3.05, 3.63) is 34.9 Å². The molecule has 0 aromatic carbocycles. The number of halogens is 1. The van der Waals surface area contributed by atoms with Crippen molar-refractivity contribution in [1.82, 2.24) is 15.0 Å². The number of nitrogen functional groups attached to an aromatic ring is 1. The summed E-state index contributed by atoms with van der Waals surface area (Å²) in [5, 5.41) is 2.56. The maximum Gasteiger partial charge on any atom is 0.250 e. The fourth-order valence-electron chi connectivity index (χ4n) is 3.28. The lowest BCUT2D eigenvalue weighted by Crippen LogP contribution is -2.17. The number of carbonyl (C=O) groups excluding carboxylic acids is 1. The summed E-state index contributed by atoms with van der Waals surface area (Å²) >= 11 is 0.